The van der Waals surface area contributed by atoms with E-state index in [0.29, 0.717) is 21.6 Å². The number of rotatable bonds is 5. The van der Waals surface area contributed by atoms with Crippen molar-refractivity contribution in [3.8, 4) is 11.1 Å². The third kappa shape index (κ3) is 4.24. The van der Waals surface area contributed by atoms with Gasteiger partial charge in [0.1, 0.15) is 10.9 Å². The van der Waals surface area contributed by atoms with Crippen molar-refractivity contribution < 1.29 is 9.59 Å². The zero-order valence-corrected chi connectivity index (χ0v) is 17.8. The summed E-state index contributed by atoms with van der Waals surface area (Å²) in [6.45, 7) is 3.08. The molecule has 2 amide bonds. The van der Waals surface area contributed by atoms with Crippen molar-refractivity contribution in [2.45, 2.75) is 19.9 Å². The molecule has 0 saturated carbocycles. The second-order valence-electron chi connectivity index (χ2n) is 7.08. The van der Waals surface area contributed by atoms with Gasteiger partial charge in [0, 0.05) is 29.2 Å². The number of carbonyl (C=O) groups excluding carboxylic acids is 2. The molecule has 0 aliphatic rings. The van der Waals surface area contributed by atoms with Crippen LogP contribution in [-0.2, 0) is 9.59 Å². The van der Waals surface area contributed by atoms with Gasteiger partial charge in [-0.1, -0.05) is 30.3 Å². The number of nitrogens with zero attached hydrogens (tertiary/aromatic N) is 2. The summed E-state index contributed by atoms with van der Waals surface area (Å²) in [5, 5.41) is 7.90. The Morgan fingerprint density at radius 3 is 2.29 bits per heavy atom. The number of hydrogen-bond acceptors (Lipinski definition) is 5. The van der Waals surface area contributed by atoms with Crippen molar-refractivity contribution in [3.05, 3.63) is 76.7 Å². The summed E-state index contributed by atoms with van der Waals surface area (Å²) in [6, 6.07) is 15.6. The second kappa shape index (κ2) is 8.53. The molecule has 2 N–H and O–H groups in total. The molecule has 0 aliphatic heterocycles. The first-order chi connectivity index (χ1) is 14.9. The number of aromatic nitrogens is 2. The molecular weight excluding hydrogens is 412 g/mol. The van der Waals surface area contributed by atoms with Gasteiger partial charge in [0.05, 0.1) is 11.7 Å². The van der Waals surface area contributed by atoms with Crippen LogP contribution in [-0.4, -0.2) is 21.4 Å². The lowest BCUT2D eigenvalue weighted by Gasteiger charge is -2.15. The van der Waals surface area contributed by atoms with Crippen LogP contribution in [0.2, 0.25) is 0 Å². The topological polar surface area (TPSA) is 93.1 Å². The van der Waals surface area contributed by atoms with E-state index in [1.807, 2.05) is 35.7 Å². The number of anilines is 2. The highest BCUT2D eigenvalue weighted by atomic mass is 32.1. The van der Waals surface area contributed by atoms with Crippen molar-refractivity contribution in [2.75, 3.05) is 10.6 Å². The largest absolute Gasteiger partial charge is 0.326 e. The summed E-state index contributed by atoms with van der Waals surface area (Å²) in [5.74, 6) is -0.511. The van der Waals surface area contributed by atoms with Crippen LogP contribution in [0.1, 0.15) is 19.9 Å². The predicted molar refractivity (Wildman–Crippen MR) is 123 cm³/mol. The van der Waals surface area contributed by atoms with Crippen molar-refractivity contribution >= 4 is 44.7 Å². The predicted octanol–water partition coefficient (Wildman–Crippen LogP) is 4.28. The van der Waals surface area contributed by atoms with Gasteiger partial charge in [-0.05, 0) is 36.8 Å². The molecule has 156 valence electrons. The molecule has 1 atom stereocenters. The fourth-order valence-corrected chi connectivity index (χ4v) is 4.17. The number of hydrogen-bond donors (Lipinski definition) is 2. The average Bonchev–Trinajstić information content (AvgIpc) is 3.20. The maximum atomic E-state index is 13.2. The number of benzene rings is 2. The van der Waals surface area contributed by atoms with Crippen molar-refractivity contribution in [3.63, 3.8) is 0 Å². The molecule has 0 spiro atoms. The van der Waals surface area contributed by atoms with Crippen molar-refractivity contribution in [1.82, 2.24) is 9.55 Å². The summed E-state index contributed by atoms with van der Waals surface area (Å²) >= 11 is 1.40. The Morgan fingerprint density at radius 2 is 1.65 bits per heavy atom. The third-order valence-electron chi connectivity index (χ3n) is 4.87. The van der Waals surface area contributed by atoms with Crippen LogP contribution in [0, 0.1) is 0 Å². The van der Waals surface area contributed by atoms with Crippen molar-refractivity contribution in [2.24, 2.45) is 0 Å². The van der Waals surface area contributed by atoms with E-state index in [2.05, 4.69) is 15.6 Å². The van der Waals surface area contributed by atoms with Crippen LogP contribution in [0.5, 0.6) is 0 Å². The first-order valence-electron chi connectivity index (χ1n) is 9.66. The Labute approximate surface area is 182 Å². The van der Waals surface area contributed by atoms with Gasteiger partial charge in [-0.25, -0.2) is 4.98 Å². The zero-order chi connectivity index (χ0) is 22.0. The first-order valence-corrected chi connectivity index (χ1v) is 10.5. The second-order valence-corrected chi connectivity index (χ2v) is 7.93. The monoisotopic (exact) mass is 432 g/mol. The Kier molecular flexibility index (Phi) is 5.64. The molecule has 0 fully saturated rings. The molecule has 0 aliphatic carbocycles. The van der Waals surface area contributed by atoms with E-state index in [1.54, 1.807) is 31.2 Å². The Morgan fingerprint density at radius 1 is 1.00 bits per heavy atom. The Hall–Kier alpha value is -3.78. The van der Waals surface area contributed by atoms with Crippen LogP contribution in [0.15, 0.2) is 71.1 Å². The molecule has 0 saturated heterocycles. The SMILES string of the molecule is CC(=O)Nc1ccc(NC(=O)C(C)n2cnc3scc(-c4ccccc4)c3c2=O)cc1. The fourth-order valence-electron chi connectivity index (χ4n) is 3.26. The molecule has 7 nitrogen and oxygen atoms in total. The molecule has 0 bridgehead atoms. The van der Waals surface area contributed by atoms with E-state index in [9.17, 15) is 14.4 Å². The summed E-state index contributed by atoms with van der Waals surface area (Å²) in [5.41, 5.74) is 2.69. The van der Waals surface area contributed by atoms with Gasteiger partial charge in [-0.3, -0.25) is 19.0 Å². The van der Waals surface area contributed by atoms with Gasteiger partial charge in [0.15, 0.2) is 0 Å². The number of nitrogens with one attached hydrogen (secondary N) is 2. The maximum Gasteiger partial charge on any atom is 0.263 e. The summed E-state index contributed by atoms with van der Waals surface area (Å²) in [4.78, 5) is 42.2. The van der Waals surface area contributed by atoms with Crippen LogP contribution in [0.25, 0.3) is 21.3 Å². The fraction of sp³-hybridized carbons (Fsp3) is 0.130. The summed E-state index contributed by atoms with van der Waals surface area (Å²) < 4.78 is 1.35. The minimum absolute atomic E-state index is 0.170. The van der Waals surface area contributed by atoms with Gasteiger partial charge < -0.3 is 10.6 Å². The molecule has 31 heavy (non-hydrogen) atoms. The Balaban J connectivity index is 1.61. The van der Waals surface area contributed by atoms with Crippen LogP contribution in [0.3, 0.4) is 0 Å². The van der Waals surface area contributed by atoms with Gasteiger partial charge in [0.2, 0.25) is 11.8 Å². The minimum atomic E-state index is -0.761. The minimum Gasteiger partial charge on any atom is -0.326 e. The lowest BCUT2D eigenvalue weighted by Crippen LogP contribution is -2.31. The molecule has 2 aromatic heterocycles. The quantitative estimate of drug-likeness (QED) is 0.492. The van der Waals surface area contributed by atoms with Crippen LogP contribution >= 0.6 is 11.3 Å². The van der Waals surface area contributed by atoms with Crippen LogP contribution < -0.4 is 16.2 Å². The molecular formula is C23H20N4O3S. The van der Waals surface area contributed by atoms with E-state index in [0.717, 1.165) is 11.1 Å². The number of carbonyl (C=O) groups is 2. The smallest absolute Gasteiger partial charge is 0.263 e. The normalized spacial score (nSPS) is 11.8. The molecule has 2 aromatic carbocycles. The first kappa shape index (κ1) is 20.5. The standard InChI is InChI=1S/C23H20N4O3S/c1-14(21(29)26-18-10-8-17(9-11-18)25-15(2)28)27-13-24-22-20(23(27)30)19(12-31-22)16-6-4-3-5-7-16/h3-14H,1-2H3,(H,25,28)(H,26,29). The lowest BCUT2D eigenvalue weighted by atomic mass is 10.1. The molecule has 1 unspecified atom stereocenters. The van der Waals surface area contributed by atoms with Gasteiger partial charge >= 0.3 is 0 Å². The summed E-state index contributed by atoms with van der Waals surface area (Å²) in [6.07, 6.45) is 1.42. The number of amides is 2. The molecule has 2 heterocycles. The lowest BCUT2D eigenvalue weighted by molar-refractivity contribution is -0.119. The third-order valence-corrected chi connectivity index (χ3v) is 5.76. The van der Waals surface area contributed by atoms with Gasteiger partial charge in [0.25, 0.3) is 5.56 Å². The van der Waals surface area contributed by atoms with Gasteiger partial charge in [-0.2, -0.15) is 0 Å². The maximum absolute atomic E-state index is 13.2. The van der Waals surface area contributed by atoms with E-state index in [4.69, 9.17) is 0 Å². The number of fused-ring (bicyclic) bond motifs is 1. The van der Waals surface area contributed by atoms with Crippen LogP contribution in [0.4, 0.5) is 11.4 Å². The molecule has 4 rings (SSSR count). The highest BCUT2D eigenvalue weighted by molar-refractivity contribution is 7.17. The van der Waals surface area contributed by atoms with Crippen molar-refractivity contribution in [1.29, 1.82) is 0 Å². The van der Waals surface area contributed by atoms with Gasteiger partial charge in [-0.15, -0.1) is 11.3 Å². The van der Waals surface area contributed by atoms with E-state index in [-0.39, 0.29) is 17.4 Å². The summed E-state index contributed by atoms with van der Waals surface area (Å²) in [7, 11) is 0. The Bertz CT molecular complexity index is 1310. The highest BCUT2D eigenvalue weighted by Crippen LogP contribution is 2.30. The average molecular weight is 433 g/mol. The molecule has 4 aromatic rings. The van der Waals surface area contributed by atoms with E-state index < -0.39 is 6.04 Å². The zero-order valence-electron chi connectivity index (χ0n) is 17.0. The molecule has 0 radical (unpaired) electrons. The van der Waals surface area contributed by atoms with E-state index >= 15 is 0 Å². The highest BCUT2D eigenvalue weighted by Gasteiger charge is 2.20. The number of thiophene rings is 1. The molecule has 8 heteroatoms. The van der Waals surface area contributed by atoms with E-state index in [1.165, 1.54) is 29.2 Å².